The Balaban J connectivity index is 1.22. The number of phenols is 1. The van der Waals surface area contributed by atoms with Gasteiger partial charge in [-0.3, -0.25) is 9.55 Å². The number of fused-ring (bicyclic) bond motifs is 1. The zero-order chi connectivity index (χ0) is 41.6. The third-order valence-electron chi connectivity index (χ3n) is 10.6. The molecule has 0 atom stereocenters. The summed E-state index contributed by atoms with van der Waals surface area (Å²) in [6.07, 6.45) is 1.87. The number of hydrogen-bond donors (Lipinski definition) is 1. The van der Waals surface area contributed by atoms with Gasteiger partial charge in [0, 0.05) is 27.1 Å². The molecule has 0 aliphatic carbocycles. The third kappa shape index (κ3) is 7.03. The molecular weight excluding hydrogens is 695 g/mol. The molecule has 2 aromatic heterocycles. The van der Waals surface area contributed by atoms with Crippen molar-refractivity contribution >= 4 is 11.0 Å². The molecule has 276 valence electrons. The lowest BCUT2D eigenvalue weighted by atomic mass is 9.83. The third-order valence-corrected chi connectivity index (χ3v) is 10.6. The van der Waals surface area contributed by atoms with Crippen molar-refractivity contribution in [3.8, 4) is 78.6 Å². The average Bonchev–Trinajstić information content (AvgIpc) is 3.66. The Hall–Kier alpha value is -7.04. The largest absolute Gasteiger partial charge is 0.507 e. The summed E-state index contributed by atoms with van der Waals surface area (Å²) < 4.78 is 27.3. The molecule has 1 N–H and O–H groups in total. The number of pyridine rings is 1. The molecule has 0 saturated heterocycles. The lowest BCUT2D eigenvalue weighted by Crippen LogP contribution is -2.11. The van der Waals surface area contributed by atoms with Gasteiger partial charge in [-0.25, -0.2) is 4.98 Å². The van der Waals surface area contributed by atoms with Crippen LogP contribution in [0.4, 0.5) is 0 Å². The van der Waals surface area contributed by atoms with Gasteiger partial charge in [0.1, 0.15) is 11.6 Å². The van der Waals surface area contributed by atoms with Gasteiger partial charge < -0.3 is 5.11 Å². The molecule has 7 aromatic carbocycles. The van der Waals surface area contributed by atoms with Gasteiger partial charge in [-0.15, -0.1) is 0 Å². The Morgan fingerprint density at radius 2 is 1.16 bits per heavy atom. The van der Waals surface area contributed by atoms with Crippen molar-refractivity contribution in [2.24, 2.45) is 0 Å². The average molecular weight is 741 g/mol. The molecule has 0 unspecified atom stereocenters. The van der Waals surface area contributed by atoms with E-state index in [1.165, 1.54) is 11.1 Å². The summed E-state index contributed by atoms with van der Waals surface area (Å²) in [5, 5.41) is 11.3. The highest BCUT2D eigenvalue weighted by Crippen LogP contribution is 2.41. The molecule has 0 aliphatic heterocycles. The normalized spacial score (nSPS) is 12.6. The molecule has 9 rings (SSSR count). The van der Waals surface area contributed by atoms with E-state index in [1.54, 1.807) is 24.3 Å². The second kappa shape index (κ2) is 14.6. The van der Waals surface area contributed by atoms with Crippen molar-refractivity contribution in [3.05, 3.63) is 193 Å². The molecule has 9 aromatic rings. The van der Waals surface area contributed by atoms with Crippen LogP contribution in [0.1, 0.15) is 36.0 Å². The maximum atomic E-state index is 11.3. The fraction of sp³-hybridized carbons (Fsp3) is 0.0943. The molecule has 0 radical (unpaired) electrons. The highest BCUT2D eigenvalue weighted by molar-refractivity contribution is 5.97. The summed E-state index contributed by atoms with van der Waals surface area (Å²) >= 11 is 0. The van der Waals surface area contributed by atoms with Crippen LogP contribution in [0.2, 0.25) is 0 Å². The first-order valence-electron chi connectivity index (χ1n) is 20.7. The second-order valence-electron chi connectivity index (χ2n) is 15.5. The van der Waals surface area contributed by atoms with Crippen molar-refractivity contribution in [3.63, 3.8) is 0 Å². The van der Waals surface area contributed by atoms with E-state index in [4.69, 9.17) is 14.1 Å². The summed E-state index contributed by atoms with van der Waals surface area (Å²) in [5.74, 6) is 0.570. The number of aryl methyl sites for hydroxylation is 1. The zero-order valence-electron chi connectivity index (χ0n) is 35.1. The van der Waals surface area contributed by atoms with Crippen LogP contribution in [0.5, 0.6) is 5.75 Å². The number of phenolic OH excluding ortho intramolecular Hbond substituents is 1. The van der Waals surface area contributed by atoms with E-state index in [0.717, 1.165) is 55.7 Å². The minimum atomic E-state index is -2.36. The van der Waals surface area contributed by atoms with Crippen LogP contribution < -0.4 is 0 Å². The molecular formula is C53H43N3O. The number of rotatable bonds is 7. The highest BCUT2D eigenvalue weighted by atomic mass is 16.3. The summed E-state index contributed by atoms with van der Waals surface area (Å²) in [6.45, 7) is 4.27. The van der Waals surface area contributed by atoms with E-state index in [1.807, 2.05) is 83.6 Å². The van der Waals surface area contributed by atoms with E-state index < -0.39 is 6.85 Å². The Labute approximate surface area is 338 Å². The lowest BCUT2D eigenvalue weighted by molar-refractivity contribution is 0.477. The van der Waals surface area contributed by atoms with Gasteiger partial charge in [0.2, 0.25) is 0 Å². The predicted octanol–water partition coefficient (Wildman–Crippen LogP) is 13.7. The smallest absolute Gasteiger partial charge is 0.149 e. The molecule has 0 spiro atoms. The zero-order valence-corrected chi connectivity index (χ0v) is 32.1. The van der Waals surface area contributed by atoms with Crippen LogP contribution in [0, 0.1) is 6.85 Å². The van der Waals surface area contributed by atoms with Crippen molar-refractivity contribution in [1.29, 1.82) is 0 Å². The van der Waals surface area contributed by atoms with Gasteiger partial charge in [0.25, 0.3) is 0 Å². The number of nitrogens with zero attached hydrogens (tertiary/aromatic N) is 3. The van der Waals surface area contributed by atoms with E-state index in [9.17, 15) is 5.11 Å². The number of imidazole rings is 1. The first-order chi connectivity index (χ1) is 28.9. The molecule has 4 heteroatoms. The van der Waals surface area contributed by atoms with Gasteiger partial charge in [0.15, 0.2) is 0 Å². The van der Waals surface area contributed by atoms with Gasteiger partial charge in [-0.05, 0) is 117 Å². The van der Waals surface area contributed by atoms with Crippen LogP contribution >= 0.6 is 0 Å². The minimum absolute atomic E-state index is 0.0727. The van der Waals surface area contributed by atoms with Crippen LogP contribution in [-0.4, -0.2) is 19.6 Å². The summed E-state index contributed by atoms with van der Waals surface area (Å²) in [6, 6.07) is 58.3. The van der Waals surface area contributed by atoms with Crippen molar-refractivity contribution in [2.75, 3.05) is 0 Å². The van der Waals surface area contributed by atoms with E-state index in [0.29, 0.717) is 22.6 Å². The Bertz CT molecular complexity index is 3000. The molecule has 2 heterocycles. The van der Waals surface area contributed by atoms with Crippen molar-refractivity contribution in [1.82, 2.24) is 14.5 Å². The summed E-state index contributed by atoms with van der Waals surface area (Å²) in [7, 11) is 0. The van der Waals surface area contributed by atoms with E-state index in [2.05, 4.69) is 99.6 Å². The minimum Gasteiger partial charge on any atom is -0.507 e. The van der Waals surface area contributed by atoms with Gasteiger partial charge in [-0.2, -0.15) is 0 Å². The molecule has 0 fully saturated rings. The number of aromatic hydroxyl groups is 1. The van der Waals surface area contributed by atoms with E-state index >= 15 is 0 Å². The topological polar surface area (TPSA) is 50.9 Å². The monoisotopic (exact) mass is 740 g/mol. The number of aromatic nitrogens is 3. The first-order valence-corrected chi connectivity index (χ1v) is 19.2. The maximum Gasteiger partial charge on any atom is 0.149 e. The molecule has 0 amide bonds. The lowest BCUT2D eigenvalue weighted by Gasteiger charge is -2.22. The van der Waals surface area contributed by atoms with Crippen LogP contribution in [0.15, 0.2) is 182 Å². The predicted molar refractivity (Wildman–Crippen MR) is 237 cm³/mol. The van der Waals surface area contributed by atoms with Crippen LogP contribution in [-0.2, 0) is 5.41 Å². The number of hydrogen-bond acceptors (Lipinski definition) is 3. The fourth-order valence-corrected chi connectivity index (χ4v) is 7.59. The van der Waals surface area contributed by atoms with E-state index in [-0.39, 0.29) is 16.7 Å². The van der Waals surface area contributed by atoms with Gasteiger partial charge >= 0.3 is 0 Å². The SMILES string of the molecule is [2H]C([2H])([2H])c1cc(-c2ccccc2)cc(-n2c(-c3ccccc3O)nc3c(-c4cc(-c5cc(-c6ccc(-c7ccccc7)cc6)ccn5)cc(C(C)(C)C)c4)cccc32)c1. The van der Waals surface area contributed by atoms with Gasteiger partial charge in [-0.1, -0.05) is 142 Å². The quantitative estimate of drug-likeness (QED) is 0.177. The highest BCUT2D eigenvalue weighted by Gasteiger charge is 2.22. The molecule has 4 nitrogen and oxygen atoms in total. The second-order valence-corrected chi connectivity index (χ2v) is 15.5. The van der Waals surface area contributed by atoms with Crippen molar-refractivity contribution < 1.29 is 9.22 Å². The molecule has 0 bridgehead atoms. The molecule has 0 aliphatic rings. The first kappa shape index (κ1) is 32.2. The maximum absolute atomic E-state index is 11.3. The van der Waals surface area contributed by atoms with Crippen molar-refractivity contribution in [2.45, 2.75) is 33.0 Å². The van der Waals surface area contributed by atoms with Crippen LogP contribution in [0.3, 0.4) is 0 Å². The number of benzene rings is 7. The Kier molecular flexibility index (Phi) is 8.23. The molecule has 57 heavy (non-hydrogen) atoms. The Morgan fingerprint density at radius 3 is 1.86 bits per heavy atom. The summed E-state index contributed by atoms with van der Waals surface area (Å²) in [4.78, 5) is 10.2. The fourth-order valence-electron chi connectivity index (χ4n) is 7.59. The summed E-state index contributed by atoms with van der Waals surface area (Å²) in [5.41, 5.74) is 13.7. The van der Waals surface area contributed by atoms with Crippen LogP contribution in [0.25, 0.3) is 83.9 Å². The Morgan fingerprint density at radius 1 is 0.526 bits per heavy atom. The molecule has 0 saturated carbocycles. The number of para-hydroxylation sites is 2. The van der Waals surface area contributed by atoms with Gasteiger partial charge in [0.05, 0.1) is 22.3 Å². The standard InChI is InChI=1S/C53H43N3O/c1-35-28-41(37-16-9-6-10-17-37)33-45(29-35)56-49-20-13-19-46(51(49)55-52(56)47-18-11-12-21-50(47)57)42-30-43(32-44(31-42)53(2,3)4)48-34-40(26-27-54-48)39-24-22-38(23-25-39)36-14-7-5-8-15-36/h5-34,57H,1-4H3/i1D3.